The summed E-state index contributed by atoms with van der Waals surface area (Å²) in [7, 11) is 1.39. The summed E-state index contributed by atoms with van der Waals surface area (Å²) in [5.41, 5.74) is 5.74. The Kier molecular flexibility index (Phi) is 13.2. The van der Waals surface area contributed by atoms with Gasteiger partial charge in [0.2, 0.25) is 5.91 Å². The van der Waals surface area contributed by atoms with Gasteiger partial charge in [-0.25, -0.2) is 0 Å². The lowest BCUT2D eigenvalue weighted by atomic mass is 10.0. The van der Waals surface area contributed by atoms with E-state index in [0.29, 0.717) is 25.3 Å². The van der Waals surface area contributed by atoms with Crippen molar-refractivity contribution in [3.8, 4) is 0 Å². The lowest BCUT2D eigenvalue weighted by molar-refractivity contribution is -0.140. The highest BCUT2D eigenvalue weighted by Gasteiger charge is 2.13. The fraction of sp³-hybridized carbons (Fsp3) is 0.846. The first-order chi connectivity index (χ1) is 8.47. The zero-order chi connectivity index (χ0) is 14.0. The summed E-state index contributed by atoms with van der Waals surface area (Å²) in [5.74, 6) is 0.153. The highest BCUT2D eigenvalue weighted by atomic mass is 35.5. The van der Waals surface area contributed by atoms with E-state index in [2.05, 4.69) is 10.1 Å². The maximum atomic E-state index is 11.6. The second-order valence-corrected chi connectivity index (χ2v) is 4.91. The molecule has 1 amide bonds. The molecule has 0 saturated heterocycles. The summed E-state index contributed by atoms with van der Waals surface area (Å²) in [6.45, 7) is 4.70. The molecule has 0 fully saturated rings. The SMILES string of the molecule is COC(=O)CCCCCNC(=O)[C@@H](N)CC(C)C.Cl. The molecule has 114 valence electrons. The maximum absolute atomic E-state index is 11.6. The van der Waals surface area contributed by atoms with E-state index in [9.17, 15) is 9.59 Å². The number of hydrogen-bond donors (Lipinski definition) is 2. The van der Waals surface area contributed by atoms with Gasteiger partial charge >= 0.3 is 5.97 Å². The number of methoxy groups -OCH3 is 1. The summed E-state index contributed by atoms with van der Waals surface area (Å²) in [5, 5.41) is 2.81. The molecule has 6 heteroatoms. The highest BCUT2D eigenvalue weighted by molar-refractivity contribution is 5.85. The number of halogens is 1. The quantitative estimate of drug-likeness (QED) is 0.500. The standard InChI is InChI=1S/C13H26N2O3.ClH/c1-10(2)9-11(14)13(17)15-8-6-4-5-7-12(16)18-3;/h10-11H,4-9,14H2,1-3H3,(H,15,17);1H/t11-;/m0./s1. The molecule has 0 unspecified atom stereocenters. The van der Waals surface area contributed by atoms with Gasteiger partial charge < -0.3 is 15.8 Å². The molecule has 0 aliphatic carbocycles. The molecular weight excluding hydrogens is 268 g/mol. The molecule has 3 N–H and O–H groups in total. The number of carbonyl (C=O) groups excluding carboxylic acids is 2. The summed E-state index contributed by atoms with van der Waals surface area (Å²) in [4.78, 5) is 22.4. The molecule has 0 rings (SSSR count). The van der Waals surface area contributed by atoms with Gasteiger partial charge in [-0.3, -0.25) is 9.59 Å². The number of nitrogens with two attached hydrogens (primary N) is 1. The molecule has 5 nitrogen and oxygen atoms in total. The predicted octanol–water partition coefficient (Wildman–Crippen LogP) is 1.63. The number of carbonyl (C=O) groups is 2. The lowest BCUT2D eigenvalue weighted by Gasteiger charge is -2.13. The molecule has 0 aliphatic rings. The predicted molar refractivity (Wildman–Crippen MR) is 78.2 cm³/mol. The van der Waals surface area contributed by atoms with Crippen LogP contribution in [0.4, 0.5) is 0 Å². The molecule has 0 heterocycles. The molecule has 0 spiro atoms. The molecule has 0 aliphatic heterocycles. The van der Waals surface area contributed by atoms with Crippen molar-refractivity contribution in [2.24, 2.45) is 11.7 Å². The van der Waals surface area contributed by atoms with E-state index in [0.717, 1.165) is 19.3 Å². The number of amides is 1. The maximum Gasteiger partial charge on any atom is 0.305 e. The minimum Gasteiger partial charge on any atom is -0.469 e. The van der Waals surface area contributed by atoms with Crippen molar-refractivity contribution in [2.45, 2.75) is 52.0 Å². The van der Waals surface area contributed by atoms with Gasteiger partial charge in [-0.15, -0.1) is 12.4 Å². The first-order valence-electron chi connectivity index (χ1n) is 6.57. The van der Waals surface area contributed by atoms with Crippen molar-refractivity contribution in [3.63, 3.8) is 0 Å². The Hall–Kier alpha value is -0.810. The zero-order valence-electron chi connectivity index (χ0n) is 12.1. The third-order valence-electron chi connectivity index (χ3n) is 2.65. The van der Waals surface area contributed by atoms with Gasteiger partial charge in [-0.1, -0.05) is 20.3 Å². The average Bonchev–Trinajstić information content (AvgIpc) is 2.31. The van der Waals surface area contributed by atoms with E-state index >= 15 is 0 Å². The first-order valence-corrected chi connectivity index (χ1v) is 6.57. The van der Waals surface area contributed by atoms with Gasteiger partial charge in [0.1, 0.15) is 0 Å². The molecule has 0 aromatic carbocycles. The normalized spacial score (nSPS) is 11.6. The zero-order valence-corrected chi connectivity index (χ0v) is 12.9. The van der Waals surface area contributed by atoms with Gasteiger partial charge in [-0.2, -0.15) is 0 Å². The van der Waals surface area contributed by atoms with E-state index in [1.807, 2.05) is 13.8 Å². The van der Waals surface area contributed by atoms with Gasteiger partial charge in [0.25, 0.3) is 0 Å². The van der Waals surface area contributed by atoms with Crippen LogP contribution in [0.15, 0.2) is 0 Å². The van der Waals surface area contributed by atoms with E-state index in [4.69, 9.17) is 5.73 Å². The summed E-state index contributed by atoms with van der Waals surface area (Å²) in [6, 6.07) is -0.417. The minimum atomic E-state index is -0.417. The van der Waals surface area contributed by atoms with Crippen LogP contribution >= 0.6 is 12.4 Å². The molecule has 0 aromatic heterocycles. The fourth-order valence-electron chi connectivity index (χ4n) is 1.63. The van der Waals surface area contributed by atoms with Crippen LogP contribution in [-0.4, -0.2) is 31.6 Å². The smallest absolute Gasteiger partial charge is 0.305 e. The van der Waals surface area contributed by atoms with Crippen LogP contribution in [0.3, 0.4) is 0 Å². The van der Waals surface area contributed by atoms with Crippen LogP contribution < -0.4 is 11.1 Å². The highest BCUT2D eigenvalue weighted by Crippen LogP contribution is 2.03. The summed E-state index contributed by atoms with van der Waals surface area (Å²) >= 11 is 0. The molecule has 0 radical (unpaired) electrons. The fourth-order valence-corrected chi connectivity index (χ4v) is 1.63. The third kappa shape index (κ3) is 12.0. The Morgan fingerprint density at radius 1 is 1.21 bits per heavy atom. The van der Waals surface area contributed by atoms with Crippen LogP contribution in [-0.2, 0) is 14.3 Å². The topological polar surface area (TPSA) is 81.4 Å². The van der Waals surface area contributed by atoms with Crippen LogP contribution in [0.25, 0.3) is 0 Å². The van der Waals surface area contributed by atoms with Crippen LogP contribution in [0.5, 0.6) is 0 Å². The Bertz CT molecular complexity index is 260. The Labute approximate surface area is 122 Å². The van der Waals surface area contributed by atoms with Gasteiger partial charge in [-0.05, 0) is 25.2 Å². The molecule has 0 aromatic rings. The van der Waals surface area contributed by atoms with Crippen molar-refractivity contribution in [1.29, 1.82) is 0 Å². The summed E-state index contributed by atoms with van der Waals surface area (Å²) < 4.78 is 4.54. The van der Waals surface area contributed by atoms with Crippen molar-refractivity contribution in [1.82, 2.24) is 5.32 Å². The number of esters is 1. The van der Waals surface area contributed by atoms with Crippen molar-refractivity contribution >= 4 is 24.3 Å². The molecule has 19 heavy (non-hydrogen) atoms. The summed E-state index contributed by atoms with van der Waals surface area (Å²) in [6.07, 6.45) is 3.69. The van der Waals surface area contributed by atoms with Crippen LogP contribution in [0.2, 0.25) is 0 Å². The molecule has 1 atom stereocenters. The minimum absolute atomic E-state index is 0. The first kappa shape index (κ1) is 20.5. The van der Waals surface area contributed by atoms with E-state index < -0.39 is 6.04 Å². The van der Waals surface area contributed by atoms with Crippen molar-refractivity contribution in [3.05, 3.63) is 0 Å². The van der Waals surface area contributed by atoms with E-state index in [1.54, 1.807) is 0 Å². The Morgan fingerprint density at radius 3 is 2.37 bits per heavy atom. The number of rotatable bonds is 9. The van der Waals surface area contributed by atoms with Crippen molar-refractivity contribution < 1.29 is 14.3 Å². The van der Waals surface area contributed by atoms with E-state index in [1.165, 1.54) is 7.11 Å². The molecule has 0 saturated carbocycles. The second-order valence-electron chi connectivity index (χ2n) is 4.91. The lowest BCUT2D eigenvalue weighted by Crippen LogP contribution is -2.41. The number of unbranched alkanes of at least 4 members (excludes halogenated alkanes) is 2. The third-order valence-corrected chi connectivity index (χ3v) is 2.65. The number of ether oxygens (including phenoxy) is 1. The van der Waals surface area contributed by atoms with Gasteiger partial charge in [0.15, 0.2) is 0 Å². The van der Waals surface area contributed by atoms with Crippen LogP contribution in [0.1, 0.15) is 46.0 Å². The largest absolute Gasteiger partial charge is 0.469 e. The molecule has 0 bridgehead atoms. The second kappa shape index (κ2) is 12.2. The number of nitrogens with one attached hydrogen (secondary N) is 1. The monoisotopic (exact) mass is 294 g/mol. The van der Waals surface area contributed by atoms with Crippen molar-refractivity contribution in [2.75, 3.05) is 13.7 Å². The Morgan fingerprint density at radius 2 is 1.84 bits per heavy atom. The Balaban J connectivity index is 0. The molecular formula is C13H27ClN2O3. The van der Waals surface area contributed by atoms with Gasteiger partial charge in [0.05, 0.1) is 13.2 Å². The number of hydrogen-bond acceptors (Lipinski definition) is 4. The van der Waals surface area contributed by atoms with Gasteiger partial charge in [0, 0.05) is 13.0 Å². The van der Waals surface area contributed by atoms with Crippen LogP contribution in [0, 0.1) is 5.92 Å². The van der Waals surface area contributed by atoms with E-state index in [-0.39, 0.29) is 24.3 Å². The average molecular weight is 295 g/mol.